The van der Waals surface area contributed by atoms with E-state index in [0.29, 0.717) is 6.61 Å². The molecule has 0 aromatic carbocycles. The molecule has 0 saturated heterocycles. The average molecular weight is 178 g/mol. The molecule has 11 heavy (non-hydrogen) atoms. The van der Waals surface area contributed by atoms with Gasteiger partial charge in [-0.2, -0.15) is 0 Å². The van der Waals surface area contributed by atoms with E-state index in [1.165, 1.54) is 19.3 Å². The maximum absolute atomic E-state index is 4.77. The van der Waals surface area contributed by atoms with Crippen molar-refractivity contribution in [1.29, 1.82) is 0 Å². The summed E-state index contributed by atoms with van der Waals surface area (Å²) in [5.74, 6) is 10.5. The van der Waals surface area contributed by atoms with Crippen molar-refractivity contribution in [2.75, 3.05) is 6.61 Å². The zero-order valence-corrected chi connectivity index (χ0v) is 7.75. The minimum atomic E-state index is 0. The van der Waals surface area contributed by atoms with Crippen molar-refractivity contribution in [1.82, 2.24) is 0 Å². The number of hydrogen-bond acceptors (Lipinski definition) is 2. The highest BCUT2D eigenvalue weighted by atomic mass is 35.5. The van der Waals surface area contributed by atoms with Crippen molar-refractivity contribution in [3.8, 4) is 11.8 Å². The Balaban J connectivity index is 0. The maximum atomic E-state index is 4.77. The molecule has 0 aliphatic carbocycles. The minimum absolute atomic E-state index is 0. The van der Waals surface area contributed by atoms with Gasteiger partial charge < -0.3 is 0 Å². The average Bonchev–Trinajstić information content (AvgIpc) is 1.97. The zero-order valence-electron chi connectivity index (χ0n) is 6.93. The van der Waals surface area contributed by atoms with Crippen molar-refractivity contribution in [2.45, 2.75) is 32.6 Å². The van der Waals surface area contributed by atoms with E-state index < -0.39 is 0 Å². The van der Waals surface area contributed by atoms with Gasteiger partial charge in [0.25, 0.3) is 0 Å². The summed E-state index contributed by atoms with van der Waals surface area (Å²) in [6.45, 7) is 2.53. The van der Waals surface area contributed by atoms with Crippen LogP contribution in [0.2, 0.25) is 0 Å². The molecule has 66 valence electrons. The van der Waals surface area contributed by atoms with Gasteiger partial charge in [-0.15, -0.1) is 18.3 Å². The van der Waals surface area contributed by atoms with Crippen LogP contribution < -0.4 is 5.90 Å². The predicted octanol–water partition coefficient (Wildman–Crippen LogP) is 1.88. The molecule has 0 fully saturated rings. The predicted molar refractivity (Wildman–Crippen MR) is 49.3 cm³/mol. The Morgan fingerprint density at radius 2 is 2.00 bits per heavy atom. The summed E-state index contributed by atoms with van der Waals surface area (Å²) >= 11 is 0. The van der Waals surface area contributed by atoms with Crippen LogP contribution in [0.25, 0.3) is 0 Å². The molecule has 0 aliphatic rings. The van der Waals surface area contributed by atoms with Gasteiger partial charge in [0.15, 0.2) is 0 Å². The molecule has 0 spiro atoms. The van der Waals surface area contributed by atoms with Crippen LogP contribution in [0.15, 0.2) is 0 Å². The summed E-state index contributed by atoms with van der Waals surface area (Å²) in [6.07, 6.45) is 4.67. The van der Waals surface area contributed by atoms with E-state index in [-0.39, 0.29) is 12.4 Å². The Labute approximate surface area is 74.9 Å². The molecular weight excluding hydrogens is 162 g/mol. The van der Waals surface area contributed by atoms with E-state index in [4.69, 9.17) is 5.90 Å². The molecular formula is C8H16ClNO. The molecule has 2 nitrogen and oxygen atoms in total. The van der Waals surface area contributed by atoms with E-state index in [2.05, 4.69) is 23.6 Å². The van der Waals surface area contributed by atoms with Gasteiger partial charge in [0.2, 0.25) is 0 Å². The Morgan fingerprint density at radius 3 is 2.55 bits per heavy atom. The fourth-order valence-corrected chi connectivity index (χ4v) is 0.644. The van der Waals surface area contributed by atoms with Crippen molar-refractivity contribution in [3.05, 3.63) is 0 Å². The lowest BCUT2D eigenvalue weighted by Crippen LogP contribution is -1.97. The second-order valence-electron chi connectivity index (χ2n) is 2.12. The second kappa shape index (κ2) is 12.4. The van der Waals surface area contributed by atoms with E-state index in [0.717, 1.165) is 6.42 Å². The van der Waals surface area contributed by atoms with Crippen molar-refractivity contribution in [2.24, 2.45) is 5.90 Å². The molecule has 0 atom stereocenters. The highest BCUT2D eigenvalue weighted by Gasteiger charge is 1.79. The lowest BCUT2D eigenvalue weighted by Gasteiger charge is -1.88. The third-order valence-electron chi connectivity index (χ3n) is 1.19. The fourth-order valence-electron chi connectivity index (χ4n) is 0.644. The second-order valence-corrected chi connectivity index (χ2v) is 2.12. The lowest BCUT2D eigenvalue weighted by atomic mass is 10.2. The number of unbranched alkanes of at least 4 members (excludes halogenated alkanes) is 3. The molecule has 0 rings (SSSR count). The Kier molecular flexibility index (Phi) is 15.1. The summed E-state index contributed by atoms with van der Waals surface area (Å²) in [5, 5.41) is 0. The Hall–Kier alpha value is -0.230. The van der Waals surface area contributed by atoms with Gasteiger partial charge in [0, 0.05) is 6.42 Å². The molecule has 0 aromatic heterocycles. The third kappa shape index (κ3) is 12.9. The van der Waals surface area contributed by atoms with Crippen LogP contribution in [0.1, 0.15) is 32.6 Å². The Morgan fingerprint density at radius 1 is 1.27 bits per heavy atom. The standard InChI is InChI=1S/C8H15NO.ClH/c1-2-3-4-5-6-7-8-10-9;/h2-5,8-9H2,1H3;1H. The minimum Gasteiger partial charge on any atom is -0.292 e. The smallest absolute Gasteiger partial charge is 0.128 e. The van der Waals surface area contributed by atoms with Crippen LogP contribution in [-0.4, -0.2) is 6.61 Å². The van der Waals surface area contributed by atoms with Crippen LogP contribution in [0.4, 0.5) is 0 Å². The first-order valence-corrected chi connectivity index (χ1v) is 3.69. The lowest BCUT2D eigenvalue weighted by molar-refractivity contribution is 0.173. The van der Waals surface area contributed by atoms with Crippen molar-refractivity contribution < 1.29 is 4.84 Å². The van der Waals surface area contributed by atoms with Gasteiger partial charge in [-0.05, 0) is 6.42 Å². The molecule has 0 radical (unpaired) electrons. The van der Waals surface area contributed by atoms with Crippen LogP contribution in [-0.2, 0) is 4.84 Å². The summed E-state index contributed by atoms with van der Waals surface area (Å²) in [5.41, 5.74) is 0. The first-order chi connectivity index (χ1) is 4.91. The van der Waals surface area contributed by atoms with Crippen LogP contribution >= 0.6 is 12.4 Å². The van der Waals surface area contributed by atoms with Crippen molar-refractivity contribution >= 4 is 12.4 Å². The van der Waals surface area contributed by atoms with Gasteiger partial charge >= 0.3 is 0 Å². The summed E-state index contributed by atoms with van der Waals surface area (Å²) in [7, 11) is 0. The number of nitrogens with two attached hydrogens (primary N) is 1. The summed E-state index contributed by atoms with van der Waals surface area (Å²) in [6, 6.07) is 0. The maximum Gasteiger partial charge on any atom is 0.128 e. The van der Waals surface area contributed by atoms with E-state index in [1.54, 1.807) is 0 Å². The third-order valence-corrected chi connectivity index (χ3v) is 1.19. The monoisotopic (exact) mass is 177 g/mol. The summed E-state index contributed by atoms with van der Waals surface area (Å²) < 4.78 is 0. The van der Waals surface area contributed by atoms with Crippen LogP contribution in [0.3, 0.4) is 0 Å². The molecule has 0 bridgehead atoms. The van der Waals surface area contributed by atoms with E-state index in [9.17, 15) is 0 Å². The summed E-state index contributed by atoms with van der Waals surface area (Å²) in [4.78, 5) is 4.27. The van der Waals surface area contributed by atoms with E-state index >= 15 is 0 Å². The molecule has 0 aliphatic heterocycles. The SMILES string of the molecule is CCCCCC#CCON.Cl. The molecule has 0 unspecified atom stereocenters. The number of hydrogen-bond donors (Lipinski definition) is 1. The molecule has 3 heteroatoms. The molecule has 0 aromatic rings. The zero-order chi connectivity index (χ0) is 7.66. The quantitative estimate of drug-likeness (QED) is 0.404. The fraction of sp³-hybridized carbons (Fsp3) is 0.750. The molecule has 2 N–H and O–H groups in total. The molecule has 0 amide bonds. The highest BCUT2D eigenvalue weighted by molar-refractivity contribution is 5.85. The first-order valence-electron chi connectivity index (χ1n) is 3.69. The van der Waals surface area contributed by atoms with Crippen molar-refractivity contribution in [3.63, 3.8) is 0 Å². The highest BCUT2D eigenvalue weighted by Crippen LogP contribution is 1.96. The van der Waals surface area contributed by atoms with Crippen LogP contribution in [0.5, 0.6) is 0 Å². The Bertz CT molecular complexity index is 117. The van der Waals surface area contributed by atoms with Gasteiger partial charge in [0.1, 0.15) is 6.61 Å². The number of rotatable bonds is 4. The number of halogens is 1. The van der Waals surface area contributed by atoms with Gasteiger partial charge in [0.05, 0.1) is 0 Å². The van der Waals surface area contributed by atoms with Gasteiger partial charge in [-0.25, -0.2) is 5.90 Å². The largest absolute Gasteiger partial charge is 0.292 e. The first kappa shape index (κ1) is 13.4. The molecule has 0 heterocycles. The van der Waals surface area contributed by atoms with E-state index in [1.807, 2.05) is 0 Å². The molecule has 0 saturated carbocycles. The van der Waals surface area contributed by atoms with Gasteiger partial charge in [-0.1, -0.05) is 25.7 Å². The van der Waals surface area contributed by atoms with Crippen LogP contribution in [0, 0.1) is 11.8 Å². The van der Waals surface area contributed by atoms with Gasteiger partial charge in [-0.3, -0.25) is 4.84 Å². The normalized spacial score (nSPS) is 7.82. The topological polar surface area (TPSA) is 35.2 Å².